The Balaban J connectivity index is 1.44. The number of hydrogen-bond acceptors (Lipinski definition) is 6. The van der Waals surface area contributed by atoms with Gasteiger partial charge in [0.2, 0.25) is 5.95 Å². The lowest BCUT2D eigenvalue weighted by atomic mass is 10.2. The Morgan fingerprint density at radius 2 is 1.40 bits per heavy atom. The predicted octanol–water partition coefficient (Wildman–Crippen LogP) is 3.60. The fraction of sp³-hybridized carbons (Fsp3) is 0.526. The first-order valence-electron chi connectivity index (χ1n) is 9.45. The molecule has 1 aromatic carbocycles. The maximum Gasteiger partial charge on any atom is 0.249 e. The van der Waals surface area contributed by atoms with E-state index in [9.17, 15) is 0 Å². The summed E-state index contributed by atoms with van der Waals surface area (Å²) in [5.41, 5.74) is 2.29. The van der Waals surface area contributed by atoms with Gasteiger partial charge in [-0.2, -0.15) is 10.1 Å². The molecule has 2 fully saturated rings. The molecule has 1 aromatic heterocycles. The summed E-state index contributed by atoms with van der Waals surface area (Å²) >= 11 is 0. The normalized spacial score (nSPS) is 18.2. The Morgan fingerprint density at radius 1 is 0.760 bits per heavy atom. The predicted molar refractivity (Wildman–Crippen MR) is 102 cm³/mol. The molecule has 2 saturated heterocycles. The monoisotopic (exact) mass is 338 g/mol. The maximum atomic E-state index is 4.66. The second kappa shape index (κ2) is 7.68. The number of nitrogens with one attached hydrogen (secondary N) is 1. The van der Waals surface area contributed by atoms with Gasteiger partial charge < -0.3 is 15.1 Å². The number of hydrogen-bond donors (Lipinski definition) is 1. The molecule has 0 spiro atoms. The molecule has 2 aliphatic rings. The van der Waals surface area contributed by atoms with Crippen LogP contribution in [0, 0.1) is 0 Å². The molecule has 0 unspecified atom stereocenters. The smallest absolute Gasteiger partial charge is 0.249 e. The fourth-order valence-corrected chi connectivity index (χ4v) is 3.66. The molecule has 0 saturated carbocycles. The van der Waals surface area contributed by atoms with E-state index >= 15 is 0 Å². The standard InChI is InChI=1S/C19H26N6/c1-2-4-14-25(13-3-1)18-15-20-23-19(22-18)21-16-7-9-17(10-8-16)24-11-5-6-12-24/h7-10,15H,1-6,11-14H2,(H,21,22,23). The topological polar surface area (TPSA) is 57.2 Å². The van der Waals surface area contributed by atoms with Gasteiger partial charge in [-0.15, -0.1) is 5.10 Å². The summed E-state index contributed by atoms with van der Waals surface area (Å²) in [6.07, 6.45) is 9.43. The zero-order chi connectivity index (χ0) is 16.9. The molecule has 1 N–H and O–H groups in total. The van der Waals surface area contributed by atoms with Gasteiger partial charge in [0.05, 0.1) is 6.20 Å². The van der Waals surface area contributed by atoms with Crippen LogP contribution >= 0.6 is 0 Å². The number of nitrogens with zero attached hydrogens (tertiary/aromatic N) is 5. The summed E-state index contributed by atoms with van der Waals surface area (Å²) in [5, 5.41) is 11.6. The van der Waals surface area contributed by atoms with Gasteiger partial charge >= 0.3 is 0 Å². The molecule has 2 aromatic rings. The van der Waals surface area contributed by atoms with Crippen LogP contribution in [0.25, 0.3) is 0 Å². The summed E-state index contributed by atoms with van der Waals surface area (Å²) in [5.74, 6) is 1.49. The molecule has 0 radical (unpaired) electrons. The van der Waals surface area contributed by atoms with Crippen molar-refractivity contribution in [3.63, 3.8) is 0 Å². The van der Waals surface area contributed by atoms with Crippen molar-refractivity contribution < 1.29 is 0 Å². The van der Waals surface area contributed by atoms with Gasteiger partial charge in [0, 0.05) is 37.6 Å². The van der Waals surface area contributed by atoms with Crippen LogP contribution in [0.3, 0.4) is 0 Å². The molecule has 2 aliphatic heterocycles. The van der Waals surface area contributed by atoms with Crippen LogP contribution in [-0.2, 0) is 0 Å². The largest absolute Gasteiger partial charge is 0.372 e. The average molecular weight is 338 g/mol. The maximum absolute atomic E-state index is 4.66. The zero-order valence-electron chi connectivity index (χ0n) is 14.7. The van der Waals surface area contributed by atoms with Crippen molar-refractivity contribution in [2.75, 3.05) is 41.3 Å². The van der Waals surface area contributed by atoms with Gasteiger partial charge in [-0.05, 0) is 49.9 Å². The highest BCUT2D eigenvalue weighted by Crippen LogP contribution is 2.23. The van der Waals surface area contributed by atoms with E-state index < -0.39 is 0 Å². The molecule has 4 rings (SSSR count). The van der Waals surface area contributed by atoms with E-state index in [1.165, 1.54) is 44.2 Å². The third-order valence-corrected chi connectivity index (χ3v) is 5.07. The second-order valence-electron chi connectivity index (χ2n) is 6.91. The summed E-state index contributed by atoms with van der Waals surface area (Å²) in [6, 6.07) is 8.52. The number of aromatic nitrogens is 3. The van der Waals surface area contributed by atoms with Crippen LogP contribution in [0.1, 0.15) is 38.5 Å². The van der Waals surface area contributed by atoms with Crippen molar-refractivity contribution in [2.24, 2.45) is 0 Å². The highest BCUT2D eigenvalue weighted by Gasteiger charge is 2.14. The van der Waals surface area contributed by atoms with Crippen molar-refractivity contribution in [3.8, 4) is 0 Å². The summed E-state index contributed by atoms with van der Waals surface area (Å²) in [6.45, 7) is 4.45. The van der Waals surface area contributed by atoms with Gasteiger partial charge in [0.1, 0.15) is 0 Å². The van der Waals surface area contributed by atoms with Crippen LogP contribution in [0.15, 0.2) is 30.5 Å². The molecule has 6 nitrogen and oxygen atoms in total. The number of rotatable bonds is 4. The molecule has 0 atom stereocenters. The van der Waals surface area contributed by atoms with Crippen molar-refractivity contribution >= 4 is 23.1 Å². The average Bonchev–Trinajstić information content (AvgIpc) is 3.05. The first kappa shape index (κ1) is 16.1. The minimum absolute atomic E-state index is 0.565. The van der Waals surface area contributed by atoms with Crippen LogP contribution in [-0.4, -0.2) is 41.4 Å². The lowest BCUT2D eigenvalue weighted by Gasteiger charge is -2.21. The summed E-state index contributed by atoms with van der Waals surface area (Å²) in [7, 11) is 0. The van der Waals surface area contributed by atoms with Crippen molar-refractivity contribution in [1.29, 1.82) is 0 Å². The van der Waals surface area contributed by atoms with Crippen LogP contribution in [0.4, 0.5) is 23.1 Å². The third kappa shape index (κ3) is 4.00. The molecule has 132 valence electrons. The molecular formula is C19H26N6. The van der Waals surface area contributed by atoms with E-state index in [1.54, 1.807) is 6.20 Å². The van der Waals surface area contributed by atoms with Crippen LogP contribution in [0.5, 0.6) is 0 Å². The van der Waals surface area contributed by atoms with E-state index in [2.05, 4.69) is 54.6 Å². The Bertz CT molecular complexity index is 673. The minimum Gasteiger partial charge on any atom is -0.372 e. The molecule has 0 bridgehead atoms. The first-order chi connectivity index (χ1) is 12.4. The van der Waals surface area contributed by atoms with Gasteiger partial charge in [-0.3, -0.25) is 0 Å². The molecule has 0 amide bonds. The van der Waals surface area contributed by atoms with E-state index in [4.69, 9.17) is 0 Å². The third-order valence-electron chi connectivity index (χ3n) is 5.07. The van der Waals surface area contributed by atoms with Gasteiger partial charge in [0.25, 0.3) is 0 Å². The van der Waals surface area contributed by atoms with E-state index in [0.29, 0.717) is 5.95 Å². The minimum atomic E-state index is 0.565. The zero-order valence-corrected chi connectivity index (χ0v) is 14.7. The van der Waals surface area contributed by atoms with Gasteiger partial charge in [0.15, 0.2) is 5.82 Å². The fourth-order valence-electron chi connectivity index (χ4n) is 3.66. The van der Waals surface area contributed by atoms with Gasteiger partial charge in [-0.1, -0.05) is 12.8 Å². The first-order valence-corrected chi connectivity index (χ1v) is 9.45. The molecule has 6 heteroatoms. The van der Waals surface area contributed by atoms with Crippen molar-refractivity contribution in [1.82, 2.24) is 15.2 Å². The number of benzene rings is 1. The van der Waals surface area contributed by atoms with Gasteiger partial charge in [-0.25, -0.2) is 0 Å². The Morgan fingerprint density at radius 3 is 2.12 bits per heavy atom. The summed E-state index contributed by atoms with van der Waals surface area (Å²) in [4.78, 5) is 9.42. The number of anilines is 4. The van der Waals surface area contributed by atoms with E-state index in [-0.39, 0.29) is 0 Å². The lowest BCUT2D eigenvalue weighted by molar-refractivity contribution is 0.726. The molecular weight excluding hydrogens is 312 g/mol. The lowest BCUT2D eigenvalue weighted by Crippen LogP contribution is -2.25. The van der Waals surface area contributed by atoms with Crippen LogP contribution < -0.4 is 15.1 Å². The Labute approximate surface area is 149 Å². The quantitative estimate of drug-likeness (QED) is 0.919. The Kier molecular flexibility index (Phi) is 4.95. The molecule has 0 aliphatic carbocycles. The van der Waals surface area contributed by atoms with E-state index in [0.717, 1.165) is 37.7 Å². The molecule has 25 heavy (non-hydrogen) atoms. The van der Waals surface area contributed by atoms with Crippen LogP contribution in [0.2, 0.25) is 0 Å². The SMILES string of the molecule is c1cc(N2CCCC2)ccc1Nc1nncc(N2CCCCCC2)n1. The highest BCUT2D eigenvalue weighted by molar-refractivity contribution is 5.60. The second-order valence-corrected chi connectivity index (χ2v) is 6.91. The van der Waals surface area contributed by atoms with Crippen molar-refractivity contribution in [2.45, 2.75) is 38.5 Å². The van der Waals surface area contributed by atoms with Crippen molar-refractivity contribution in [3.05, 3.63) is 30.5 Å². The summed E-state index contributed by atoms with van der Waals surface area (Å²) < 4.78 is 0. The highest BCUT2D eigenvalue weighted by atomic mass is 15.3. The molecule has 3 heterocycles. The van der Waals surface area contributed by atoms with E-state index in [1.807, 2.05) is 0 Å². The Hall–Kier alpha value is -2.37.